The van der Waals surface area contributed by atoms with Crippen LogP contribution in [0.25, 0.3) is 0 Å². The Balaban J connectivity index is 1.74. The standard InChI is InChI=1S/C16H12BrIO4/c17-13-5-1-11(2-6-13)15(19)21-9-10-22-16(20)12-3-7-14(18)8-4-12/h1-8H,9-10H2. The highest BCUT2D eigenvalue weighted by atomic mass is 127. The van der Waals surface area contributed by atoms with Crippen molar-refractivity contribution < 1.29 is 19.1 Å². The Morgan fingerprint density at radius 2 is 1.23 bits per heavy atom. The van der Waals surface area contributed by atoms with Gasteiger partial charge < -0.3 is 9.47 Å². The highest BCUT2D eigenvalue weighted by Gasteiger charge is 2.09. The van der Waals surface area contributed by atoms with E-state index < -0.39 is 11.9 Å². The number of carbonyl (C=O) groups excluding carboxylic acids is 2. The Kier molecular flexibility index (Phi) is 6.38. The number of ether oxygens (including phenoxy) is 2. The molecule has 0 unspecified atom stereocenters. The van der Waals surface area contributed by atoms with E-state index in [1.54, 1.807) is 36.4 Å². The van der Waals surface area contributed by atoms with Crippen molar-refractivity contribution in [3.05, 3.63) is 67.7 Å². The van der Waals surface area contributed by atoms with Gasteiger partial charge in [0.05, 0.1) is 11.1 Å². The lowest BCUT2D eigenvalue weighted by Gasteiger charge is -2.06. The number of hydrogen-bond donors (Lipinski definition) is 0. The maximum atomic E-state index is 11.7. The maximum Gasteiger partial charge on any atom is 0.338 e. The second kappa shape index (κ2) is 8.28. The third-order valence-corrected chi connectivity index (χ3v) is 3.96. The summed E-state index contributed by atoms with van der Waals surface area (Å²) >= 11 is 5.45. The zero-order chi connectivity index (χ0) is 15.9. The first-order valence-electron chi connectivity index (χ1n) is 6.41. The number of benzene rings is 2. The van der Waals surface area contributed by atoms with Crippen LogP contribution in [0.1, 0.15) is 20.7 Å². The quantitative estimate of drug-likeness (QED) is 0.372. The molecule has 6 heteroatoms. The summed E-state index contributed by atoms with van der Waals surface area (Å²) in [5.41, 5.74) is 0.923. The van der Waals surface area contributed by atoms with E-state index in [0.717, 1.165) is 8.04 Å². The fraction of sp³-hybridized carbons (Fsp3) is 0.125. The summed E-state index contributed by atoms with van der Waals surface area (Å²) in [5.74, 6) is -0.881. The minimum Gasteiger partial charge on any atom is -0.458 e. The van der Waals surface area contributed by atoms with Gasteiger partial charge in [-0.3, -0.25) is 0 Å². The summed E-state index contributed by atoms with van der Waals surface area (Å²) in [6.07, 6.45) is 0. The van der Waals surface area contributed by atoms with Crippen LogP contribution in [0.5, 0.6) is 0 Å². The predicted molar refractivity (Wildman–Crippen MR) is 93.9 cm³/mol. The largest absolute Gasteiger partial charge is 0.458 e. The van der Waals surface area contributed by atoms with Crippen LogP contribution >= 0.6 is 38.5 Å². The molecule has 0 heterocycles. The van der Waals surface area contributed by atoms with Crippen LogP contribution in [0.4, 0.5) is 0 Å². The third kappa shape index (κ3) is 5.10. The summed E-state index contributed by atoms with van der Waals surface area (Å²) in [6.45, 7) is 0.0398. The van der Waals surface area contributed by atoms with Gasteiger partial charge in [-0.05, 0) is 71.1 Å². The van der Waals surface area contributed by atoms with Crippen molar-refractivity contribution in [2.24, 2.45) is 0 Å². The molecule has 2 aromatic rings. The highest BCUT2D eigenvalue weighted by Crippen LogP contribution is 2.11. The molecule has 2 rings (SSSR count). The Morgan fingerprint density at radius 1 is 0.818 bits per heavy atom. The molecule has 0 amide bonds. The molecule has 114 valence electrons. The summed E-state index contributed by atoms with van der Waals surface area (Å²) in [5, 5.41) is 0. The molecular formula is C16H12BrIO4. The van der Waals surface area contributed by atoms with Crippen molar-refractivity contribution in [1.29, 1.82) is 0 Å². The zero-order valence-corrected chi connectivity index (χ0v) is 15.2. The lowest BCUT2D eigenvalue weighted by atomic mass is 10.2. The molecule has 2 aromatic carbocycles. The Hall–Kier alpha value is -1.41. The number of halogens is 2. The van der Waals surface area contributed by atoms with Gasteiger partial charge in [0.25, 0.3) is 0 Å². The second-order valence-corrected chi connectivity index (χ2v) is 6.45. The number of hydrogen-bond acceptors (Lipinski definition) is 4. The van der Waals surface area contributed by atoms with Gasteiger partial charge in [-0.1, -0.05) is 15.9 Å². The molecular weight excluding hydrogens is 463 g/mol. The van der Waals surface area contributed by atoms with Gasteiger partial charge in [-0.15, -0.1) is 0 Å². The van der Waals surface area contributed by atoms with Crippen LogP contribution in [0.2, 0.25) is 0 Å². The van der Waals surface area contributed by atoms with Gasteiger partial charge >= 0.3 is 11.9 Å². The highest BCUT2D eigenvalue weighted by molar-refractivity contribution is 14.1. The summed E-state index contributed by atoms with van der Waals surface area (Å²) in [7, 11) is 0. The molecule has 0 spiro atoms. The minimum atomic E-state index is -0.446. The fourth-order valence-corrected chi connectivity index (χ4v) is 2.23. The topological polar surface area (TPSA) is 52.6 Å². The average molecular weight is 475 g/mol. The van der Waals surface area contributed by atoms with Crippen molar-refractivity contribution in [3.8, 4) is 0 Å². The van der Waals surface area contributed by atoms with E-state index in [-0.39, 0.29) is 13.2 Å². The van der Waals surface area contributed by atoms with Gasteiger partial charge in [0.15, 0.2) is 0 Å². The first-order valence-corrected chi connectivity index (χ1v) is 8.29. The molecule has 0 aliphatic carbocycles. The van der Waals surface area contributed by atoms with Crippen molar-refractivity contribution in [2.75, 3.05) is 13.2 Å². The van der Waals surface area contributed by atoms with Crippen LogP contribution in [-0.2, 0) is 9.47 Å². The van der Waals surface area contributed by atoms with Gasteiger partial charge in [0.2, 0.25) is 0 Å². The molecule has 0 aliphatic heterocycles. The normalized spacial score (nSPS) is 10.1. The maximum absolute atomic E-state index is 11.7. The number of carbonyl (C=O) groups is 2. The molecule has 0 saturated heterocycles. The van der Waals surface area contributed by atoms with E-state index in [4.69, 9.17) is 9.47 Å². The van der Waals surface area contributed by atoms with E-state index in [2.05, 4.69) is 38.5 Å². The van der Waals surface area contributed by atoms with Crippen molar-refractivity contribution >= 4 is 50.5 Å². The molecule has 0 fully saturated rings. The van der Waals surface area contributed by atoms with E-state index in [1.165, 1.54) is 0 Å². The molecule has 0 N–H and O–H groups in total. The van der Waals surface area contributed by atoms with Gasteiger partial charge in [0, 0.05) is 8.04 Å². The third-order valence-electron chi connectivity index (χ3n) is 2.71. The predicted octanol–water partition coefficient (Wildman–Crippen LogP) is 4.07. The Labute approximate surface area is 150 Å². The van der Waals surface area contributed by atoms with Crippen molar-refractivity contribution in [1.82, 2.24) is 0 Å². The molecule has 0 aromatic heterocycles. The van der Waals surface area contributed by atoms with Crippen LogP contribution < -0.4 is 0 Å². The smallest absolute Gasteiger partial charge is 0.338 e. The number of esters is 2. The van der Waals surface area contributed by atoms with Crippen molar-refractivity contribution in [2.45, 2.75) is 0 Å². The van der Waals surface area contributed by atoms with E-state index in [9.17, 15) is 9.59 Å². The van der Waals surface area contributed by atoms with Gasteiger partial charge in [-0.25, -0.2) is 9.59 Å². The first kappa shape index (κ1) is 17.0. The molecule has 0 bridgehead atoms. The Bertz CT molecular complexity index is 593. The SMILES string of the molecule is O=C(OCCOC(=O)c1ccc(I)cc1)c1ccc(Br)cc1. The summed E-state index contributed by atoms with van der Waals surface area (Å²) in [6, 6.07) is 13.9. The van der Waals surface area contributed by atoms with Crippen LogP contribution in [0.3, 0.4) is 0 Å². The first-order chi connectivity index (χ1) is 10.6. The fourth-order valence-electron chi connectivity index (χ4n) is 1.61. The van der Waals surface area contributed by atoms with Gasteiger partial charge in [-0.2, -0.15) is 0 Å². The lowest BCUT2D eigenvalue weighted by molar-refractivity contribution is 0.0265. The van der Waals surface area contributed by atoms with Crippen LogP contribution in [0, 0.1) is 3.57 Å². The lowest BCUT2D eigenvalue weighted by Crippen LogP contribution is -2.14. The number of rotatable bonds is 5. The summed E-state index contributed by atoms with van der Waals surface area (Å²) < 4.78 is 12.0. The average Bonchev–Trinajstić information content (AvgIpc) is 2.52. The van der Waals surface area contributed by atoms with Gasteiger partial charge in [0.1, 0.15) is 13.2 Å². The van der Waals surface area contributed by atoms with Crippen molar-refractivity contribution in [3.63, 3.8) is 0 Å². The van der Waals surface area contributed by atoms with E-state index in [0.29, 0.717) is 11.1 Å². The van der Waals surface area contributed by atoms with Crippen LogP contribution in [-0.4, -0.2) is 25.2 Å². The summed E-state index contributed by atoms with van der Waals surface area (Å²) in [4.78, 5) is 23.5. The Morgan fingerprint density at radius 3 is 1.68 bits per heavy atom. The molecule has 22 heavy (non-hydrogen) atoms. The molecule has 0 aliphatic rings. The molecule has 4 nitrogen and oxygen atoms in total. The molecule has 0 radical (unpaired) electrons. The van der Waals surface area contributed by atoms with E-state index in [1.807, 2.05) is 12.1 Å². The molecule has 0 saturated carbocycles. The van der Waals surface area contributed by atoms with E-state index >= 15 is 0 Å². The monoisotopic (exact) mass is 474 g/mol. The minimum absolute atomic E-state index is 0.0189. The second-order valence-electron chi connectivity index (χ2n) is 4.29. The zero-order valence-electron chi connectivity index (χ0n) is 11.4. The molecule has 0 atom stereocenters. The van der Waals surface area contributed by atoms with Crippen LogP contribution in [0.15, 0.2) is 53.0 Å².